The second-order valence-corrected chi connectivity index (χ2v) is 18.2. The van der Waals surface area contributed by atoms with Crippen molar-refractivity contribution in [2.75, 3.05) is 125 Å². The first kappa shape index (κ1) is 53.9. The van der Waals surface area contributed by atoms with Crippen molar-refractivity contribution in [2.45, 2.75) is 56.5 Å². The minimum Gasteiger partial charge on any atom is -0.493 e. The molecule has 0 saturated carbocycles. The second kappa shape index (κ2) is 23.2. The van der Waals surface area contributed by atoms with Crippen LogP contribution >= 0.6 is 0 Å². The fraction of sp³-hybridized carbons (Fsp3) is 0.509. The zero-order chi connectivity index (χ0) is 51.7. The van der Waals surface area contributed by atoms with Gasteiger partial charge in [0.25, 0.3) is 0 Å². The Bertz CT molecular complexity index is 2470. The number of nitrogens with zero attached hydrogens (tertiary/aromatic N) is 2. The lowest BCUT2D eigenvalue weighted by molar-refractivity contribution is -0.941. The highest BCUT2D eigenvalue weighted by molar-refractivity contribution is 5.84. The second-order valence-electron chi connectivity index (χ2n) is 18.2. The van der Waals surface area contributed by atoms with E-state index in [-0.39, 0.29) is 31.7 Å². The Balaban J connectivity index is 1.09. The number of rotatable bonds is 24. The van der Waals surface area contributed by atoms with Crippen LogP contribution in [0.5, 0.6) is 57.5 Å². The van der Waals surface area contributed by atoms with Gasteiger partial charge in [0, 0.05) is 48.8 Å². The molecule has 0 spiro atoms. The van der Waals surface area contributed by atoms with Crippen LogP contribution in [-0.2, 0) is 38.3 Å². The van der Waals surface area contributed by atoms with Crippen LogP contribution in [0.15, 0.2) is 48.5 Å². The molecule has 0 bridgehead atoms. The molecule has 0 amide bonds. The average Bonchev–Trinajstić information content (AvgIpc) is 3.37. The molecule has 0 fully saturated rings. The number of fused-ring (bicyclic) bond motifs is 2. The zero-order valence-corrected chi connectivity index (χ0v) is 43.1. The lowest BCUT2D eigenvalue weighted by Gasteiger charge is -2.46. The lowest BCUT2D eigenvalue weighted by Crippen LogP contribution is -2.52. The predicted octanol–water partition coefficient (Wildman–Crippen LogP) is 7.74. The molecule has 4 atom stereocenters. The first-order valence-electron chi connectivity index (χ1n) is 23.5. The summed E-state index contributed by atoms with van der Waals surface area (Å²) in [7, 11) is 19.9. The molecule has 18 heteroatoms. The highest BCUT2D eigenvalue weighted by atomic mass is 19.3. The number of halogens is 2. The maximum absolute atomic E-state index is 15.4. The van der Waals surface area contributed by atoms with E-state index in [4.69, 9.17) is 56.8 Å². The quantitative estimate of drug-likeness (QED) is 0.0383. The van der Waals surface area contributed by atoms with E-state index in [0.29, 0.717) is 118 Å². The molecule has 4 aromatic rings. The van der Waals surface area contributed by atoms with Crippen LogP contribution in [-0.4, -0.2) is 151 Å². The van der Waals surface area contributed by atoms with Gasteiger partial charge in [-0.2, -0.15) is 8.78 Å². The SMILES string of the molecule is COc1cc2c(cc1OC)[C@H](c1cc(OC)c(OC)c(OC)c1)[N@@+](C)(CCCOC(=O)CC(F)(F)C(=O)OCCC[N@+]1(C)CCc3cc(OC)c(OC)cc3[C@H]1Cc1cc(OC)c(OC)c(OC)c1)CC2. The third-order valence-corrected chi connectivity index (χ3v) is 14.0. The summed E-state index contributed by atoms with van der Waals surface area (Å²) in [6.07, 6.45) is 1.12. The summed E-state index contributed by atoms with van der Waals surface area (Å²) in [6.45, 7) is 1.94. The molecular weight excluding hydrogens is 927 g/mol. The molecule has 0 saturated heterocycles. The topological polar surface area (TPSA) is 145 Å². The van der Waals surface area contributed by atoms with E-state index in [1.807, 2.05) is 48.5 Å². The van der Waals surface area contributed by atoms with E-state index in [1.165, 1.54) is 0 Å². The van der Waals surface area contributed by atoms with Crippen molar-refractivity contribution in [3.05, 3.63) is 81.9 Å². The number of esters is 2. The van der Waals surface area contributed by atoms with Crippen LogP contribution in [0.3, 0.4) is 0 Å². The minimum atomic E-state index is -4.10. The van der Waals surface area contributed by atoms with E-state index in [1.54, 1.807) is 71.1 Å². The number of likely N-dealkylation sites (N-methyl/N-ethyl adjacent to an activating group) is 2. The summed E-state index contributed by atoms with van der Waals surface area (Å²) in [5, 5.41) is 0. The van der Waals surface area contributed by atoms with Gasteiger partial charge >= 0.3 is 17.9 Å². The number of benzene rings is 4. The van der Waals surface area contributed by atoms with Crippen molar-refractivity contribution < 1.29 is 84.2 Å². The Morgan fingerprint density at radius 1 is 0.535 bits per heavy atom. The molecule has 0 radical (unpaired) electrons. The van der Waals surface area contributed by atoms with Gasteiger partial charge in [-0.25, -0.2) is 4.79 Å². The third kappa shape index (κ3) is 11.5. The maximum Gasteiger partial charge on any atom is 0.377 e. The summed E-state index contributed by atoms with van der Waals surface area (Å²) < 4.78 is 98.8. The van der Waals surface area contributed by atoms with Gasteiger partial charge in [-0.05, 0) is 65.2 Å². The molecule has 0 unspecified atom stereocenters. The summed E-state index contributed by atoms with van der Waals surface area (Å²) in [6, 6.07) is 15.2. The van der Waals surface area contributed by atoms with Crippen molar-refractivity contribution in [3.63, 3.8) is 0 Å². The van der Waals surface area contributed by atoms with Gasteiger partial charge in [0.15, 0.2) is 46.0 Å². The first-order chi connectivity index (χ1) is 34.0. The summed E-state index contributed by atoms with van der Waals surface area (Å²) in [5.74, 6) is -1.78. The van der Waals surface area contributed by atoms with Crippen molar-refractivity contribution in [2.24, 2.45) is 0 Å². The molecule has 2 aliphatic rings. The van der Waals surface area contributed by atoms with E-state index in [2.05, 4.69) is 14.1 Å². The summed E-state index contributed by atoms with van der Waals surface area (Å²) >= 11 is 0. The van der Waals surface area contributed by atoms with Crippen molar-refractivity contribution in [3.8, 4) is 57.5 Å². The molecule has 0 aromatic heterocycles. The van der Waals surface area contributed by atoms with Crippen LogP contribution in [0.2, 0.25) is 0 Å². The molecule has 0 aliphatic carbocycles. The van der Waals surface area contributed by atoms with Crippen LogP contribution in [0, 0.1) is 0 Å². The van der Waals surface area contributed by atoms with Crippen molar-refractivity contribution in [1.82, 2.24) is 0 Å². The van der Waals surface area contributed by atoms with E-state index < -0.39 is 24.3 Å². The molecule has 2 heterocycles. The van der Waals surface area contributed by atoms with Crippen LogP contribution in [0.1, 0.15) is 64.7 Å². The number of hydrogen-bond donors (Lipinski definition) is 0. The van der Waals surface area contributed by atoms with Gasteiger partial charge < -0.3 is 65.8 Å². The normalized spacial score (nSPS) is 19.3. The Labute approximate surface area is 415 Å². The van der Waals surface area contributed by atoms with Crippen LogP contribution in [0.25, 0.3) is 0 Å². The molecular formula is C53H70F2N2O14+2. The third-order valence-electron chi connectivity index (χ3n) is 14.0. The van der Waals surface area contributed by atoms with Gasteiger partial charge in [-0.3, -0.25) is 4.79 Å². The number of hydrogen-bond acceptors (Lipinski definition) is 14. The van der Waals surface area contributed by atoms with Gasteiger partial charge in [0.2, 0.25) is 11.5 Å². The monoisotopic (exact) mass is 996 g/mol. The molecule has 4 aromatic carbocycles. The largest absolute Gasteiger partial charge is 0.493 e. The standard InChI is InChI=1S/C53H70F2N2O14/c1-56(19-15-34-26-40(60-3)42(62-5)30-37(34)39(56)23-33-24-44(64-7)50(68-11)45(25-33)65-8)17-13-22-71-52(59)53(54,55)32-48(58)70-21-14-18-57(2)20-16-35-27-41(61-4)43(63-6)31-38(35)49(57)36-28-46(66-9)51(69-12)47(29-36)67-10/h24-31,39,49H,13-23,32H2,1-12H3/q+2/t39-,49+,56-,57+/m1/s1. The average molecular weight is 997 g/mol. The Morgan fingerprint density at radius 2 is 0.958 bits per heavy atom. The van der Waals surface area contributed by atoms with Gasteiger partial charge in [0.1, 0.15) is 18.5 Å². The fourth-order valence-corrected chi connectivity index (χ4v) is 10.3. The predicted molar refractivity (Wildman–Crippen MR) is 260 cm³/mol. The smallest absolute Gasteiger partial charge is 0.377 e. The molecule has 2 aliphatic heterocycles. The lowest BCUT2D eigenvalue weighted by atomic mass is 9.85. The van der Waals surface area contributed by atoms with Gasteiger partial charge in [-0.1, -0.05) is 0 Å². The van der Waals surface area contributed by atoms with Gasteiger partial charge in [-0.15, -0.1) is 0 Å². The number of carbonyl (C=O) groups excluding carboxylic acids is 2. The summed E-state index contributed by atoms with van der Waals surface area (Å²) in [5.41, 5.74) is 6.01. The van der Waals surface area contributed by atoms with Crippen LogP contribution in [0.4, 0.5) is 8.78 Å². The number of carbonyl (C=O) groups is 2. The molecule has 71 heavy (non-hydrogen) atoms. The maximum atomic E-state index is 15.4. The van der Waals surface area contributed by atoms with E-state index >= 15 is 8.78 Å². The Kier molecular flexibility index (Phi) is 17.6. The number of methoxy groups -OCH3 is 10. The van der Waals surface area contributed by atoms with E-state index in [9.17, 15) is 9.59 Å². The molecule has 6 rings (SSSR count). The molecule has 16 nitrogen and oxygen atoms in total. The Morgan fingerprint density at radius 3 is 1.45 bits per heavy atom. The number of alkyl halides is 2. The highest BCUT2D eigenvalue weighted by Gasteiger charge is 2.46. The first-order valence-corrected chi connectivity index (χ1v) is 23.5. The Hall–Kier alpha value is -6.40. The van der Waals surface area contributed by atoms with E-state index in [0.717, 1.165) is 33.4 Å². The van der Waals surface area contributed by atoms with Crippen LogP contribution < -0.4 is 47.4 Å². The number of ether oxygens (including phenoxy) is 12. The minimum absolute atomic E-state index is 0.142. The van der Waals surface area contributed by atoms with Crippen molar-refractivity contribution in [1.29, 1.82) is 0 Å². The van der Waals surface area contributed by atoms with Gasteiger partial charge in [0.05, 0.1) is 125 Å². The highest BCUT2D eigenvalue weighted by Crippen LogP contribution is 2.49. The number of quaternary nitrogens is 2. The summed E-state index contributed by atoms with van der Waals surface area (Å²) in [4.78, 5) is 25.8. The fourth-order valence-electron chi connectivity index (χ4n) is 10.3. The molecule has 0 N–H and O–H groups in total. The van der Waals surface area contributed by atoms with Crippen molar-refractivity contribution >= 4 is 11.9 Å². The zero-order valence-electron chi connectivity index (χ0n) is 43.1. The molecule has 388 valence electrons.